The number of nitrogens with zero attached hydrogens (tertiary/aromatic N) is 1. The Bertz CT molecular complexity index is 427. The lowest BCUT2D eigenvalue weighted by atomic mass is 10.1. The zero-order chi connectivity index (χ0) is 14.3. The van der Waals surface area contributed by atoms with Gasteiger partial charge in [-0.3, -0.25) is 0 Å². The number of methoxy groups -OCH3 is 2. The summed E-state index contributed by atoms with van der Waals surface area (Å²) in [4.78, 5) is 2.33. The molecule has 0 aliphatic carbocycles. The predicted octanol–water partition coefficient (Wildman–Crippen LogP) is 3.14. The van der Waals surface area contributed by atoms with E-state index in [4.69, 9.17) is 9.47 Å². The van der Waals surface area contributed by atoms with Crippen molar-refractivity contribution in [3.05, 3.63) is 35.4 Å². The fourth-order valence-electron chi connectivity index (χ4n) is 1.95. The average Bonchev–Trinajstić information content (AvgIpc) is 2.44. The number of benzene rings is 1. The first-order valence-corrected chi connectivity index (χ1v) is 6.62. The van der Waals surface area contributed by atoms with Crippen LogP contribution in [0, 0.1) is 0 Å². The standard InChI is InChI=1S/C16H25NO2/c1-6-13(2)12-17(3)10-9-14-7-8-15(18-4)16(11-14)19-5/h6-8,11H,9-10,12H2,1-5H3. The van der Waals surface area contributed by atoms with Crippen molar-refractivity contribution in [2.45, 2.75) is 20.3 Å². The smallest absolute Gasteiger partial charge is 0.160 e. The normalized spacial score (nSPS) is 11.8. The Labute approximate surface area is 116 Å². The van der Waals surface area contributed by atoms with E-state index in [1.807, 2.05) is 6.07 Å². The molecular weight excluding hydrogens is 238 g/mol. The van der Waals surface area contributed by atoms with Gasteiger partial charge in [0.15, 0.2) is 11.5 Å². The molecule has 1 rings (SSSR count). The number of hydrogen-bond donors (Lipinski definition) is 0. The van der Waals surface area contributed by atoms with E-state index in [1.54, 1.807) is 14.2 Å². The van der Waals surface area contributed by atoms with Gasteiger partial charge in [-0.15, -0.1) is 0 Å². The molecule has 0 unspecified atom stereocenters. The van der Waals surface area contributed by atoms with Gasteiger partial charge < -0.3 is 14.4 Å². The summed E-state index contributed by atoms with van der Waals surface area (Å²) in [5.74, 6) is 1.58. The molecule has 0 saturated carbocycles. The lowest BCUT2D eigenvalue weighted by Gasteiger charge is -2.17. The third-order valence-corrected chi connectivity index (χ3v) is 3.24. The van der Waals surface area contributed by atoms with Crippen LogP contribution in [0.2, 0.25) is 0 Å². The Morgan fingerprint density at radius 3 is 2.47 bits per heavy atom. The summed E-state index contributed by atoms with van der Waals surface area (Å²) < 4.78 is 10.6. The van der Waals surface area contributed by atoms with Crippen LogP contribution in [-0.4, -0.2) is 39.3 Å². The Balaban J connectivity index is 2.58. The summed E-state index contributed by atoms with van der Waals surface area (Å²) >= 11 is 0. The molecule has 0 heterocycles. The molecule has 0 atom stereocenters. The lowest BCUT2D eigenvalue weighted by molar-refractivity contribution is 0.352. The van der Waals surface area contributed by atoms with Crippen molar-refractivity contribution in [1.29, 1.82) is 0 Å². The summed E-state index contributed by atoms with van der Waals surface area (Å²) in [5.41, 5.74) is 2.66. The zero-order valence-corrected chi connectivity index (χ0v) is 12.7. The molecule has 106 valence electrons. The Hall–Kier alpha value is -1.48. The van der Waals surface area contributed by atoms with Crippen molar-refractivity contribution < 1.29 is 9.47 Å². The zero-order valence-electron chi connectivity index (χ0n) is 12.7. The highest BCUT2D eigenvalue weighted by atomic mass is 16.5. The average molecular weight is 263 g/mol. The molecule has 3 heteroatoms. The summed E-state index contributed by atoms with van der Waals surface area (Å²) in [6.07, 6.45) is 3.17. The summed E-state index contributed by atoms with van der Waals surface area (Å²) in [5, 5.41) is 0. The molecule has 1 aromatic carbocycles. The molecule has 1 aromatic rings. The first kappa shape index (κ1) is 15.6. The van der Waals surface area contributed by atoms with Crippen LogP contribution < -0.4 is 9.47 Å². The van der Waals surface area contributed by atoms with Gasteiger partial charge in [-0.1, -0.05) is 17.7 Å². The van der Waals surface area contributed by atoms with Crippen molar-refractivity contribution in [1.82, 2.24) is 4.90 Å². The van der Waals surface area contributed by atoms with Gasteiger partial charge in [0.25, 0.3) is 0 Å². The van der Waals surface area contributed by atoms with E-state index in [0.717, 1.165) is 31.0 Å². The summed E-state index contributed by atoms with van der Waals surface area (Å²) in [6, 6.07) is 6.11. The molecule has 0 aliphatic heterocycles. The van der Waals surface area contributed by atoms with Crippen LogP contribution in [-0.2, 0) is 6.42 Å². The fraction of sp³-hybridized carbons (Fsp3) is 0.500. The second kappa shape index (κ2) is 7.85. The van der Waals surface area contributed by atoms with Crippen LogP contribution in [0.25, 0.3) is 0 Å². The quantitative estimate of drug-likeness (QED) is 0.705. The highest BCUT2D eigenvalue weighted by molar-refractivity contribution is 5.42. The highest BCUT2D eigenvalue weighted by Gasteiger charge is 2.05. The SMILES string of the molecule is CC=C(C)CN(C)CCc1ccc(OC)c(OC)c1. The molecule has 19 heavy (non-hydrogen) atoms. The van der Waals surface area contributed by atoms with Gasteiger partial charge >= 0.3 is 0 Å². The molecule has 0 aromatic heterocycles. The van der Waals surface area contributed by atoms with E-state index < -0.39 is 0 Å². The van der Waals surface area contributed by atoms with Gasteiger partial charge in [-0.05, 0) is 45.0 Å². The van der Waals surface area contributed by atoms with Crippen molar-refractivity contribution in [2.75, 3.05) is 34.4 Å². The molecule has 0 fully saturated rings. The maximum atomic E-state index is 5.32. The number of allylic oxidation sites excluding steroid dienone is 1. The van der Waals surface area contributed by atoms with Crippen LogP contribution in [0.15, 0.2) is 29.8 Å². The number of hydrogen-bond acceptors (Lipinski definition) is 3. The van der Waals surface area contributed by atoms with E-state index in [0.29, 0.717) is 0 Å². The van der Waals surface area contributed by atoms with Gasteiger partial charge in [0.2, 0.25) is 0 Å². The largest absolute Gasteiger partial charge is 0.493 e. The van der Waals surface area contributed by atoms with Crippen molar-refractivity contribution in [3.8, 4) is 11.5 Å². The molecule has 0 N–H and O–H groups in total. The van der Waals surface area contributed by atoms with E-state index in [1.165, 1.54) is 11.1 Å². The van der Waals surface area contributed by atoms with Gasteiger partial charge in [0.05, 0.1) is 14.2 Å². The van der Waals surface area contributed by atoms with Crippen molar-refractivity contribution in [2.24, 2.45) is 0 Å². The van der Waals surface area contributed by atoms with Crippen LogP contribution in [0.1, 0.15) is 19.4 Å². The molecule has 3 nitrogen and oxygen atoms in total. The van der Waals surface area contributed by atoms with Gasteiger partial charge in [0, 0.05) is 13.1 Å². The minimum Gasteiger partial charge on any atom is -0.493 e. The molecular formula is C16H25NO2. The Morgan fingerprint density at radius 2 is 1.89 bits per heavy atom. The van der Waals surface area contributed by atoms with E-state index in [9.17, 15) is 0 Å². The Morgan fingerprint density at radius 1 is 1.21 bits per heavy atom. The number of likely N-dealkylation sites (N-methyl/N-ethyl adjacent to an activating group) is 1. The number of ether oxygens (including phenoxy) is 2. The van der Waals surface area contributed by atoms with E-state index in [2.05, 4.69) is 44.0 Å². The van der Waals surface area contributed by atoms with E-state index in [-0.39, 0.29) is 0 Å². The van der Waals surface area contributed by atoms with Crippen molar-refractivity contribution >= 4 is 0 Å². The van der Waals surface area contributed by atoms with Crippen LogP contribution >= 0.6 is 0 Å². The second-order valence-electron chi connectivity index (χ2n) is 4.81. The molecule has 0 spiro atoms. The molecule has 0 amide bonds. The van der Waals surface area contributed by atoms with Crippen LogP contribution in [0.5, 0.6) is 11.5 Å². The summed E-state index contributed by atoms with van der Waals surface area (Å²) in [7, 11) is 5.47. The van der Waals surface area contributed by atoms with Crippen LogP contribution in [0.4, 0.5) is 0 Å². The highest BCUT2D eigenvalue weighted by Crippen LogP contribution is 2.27. The van der Waals surface area contributed by atoms with Gasteiger partial charge in [-0.25, -0.2) is 0 Å². The molecule has 0 radical (unpaired) electrons. The topological polar surface area (TPSA) is 21.7 Å². The Kier molecular flexibility index (Phi) is 6.43. The minimum absolute atomic E-state index is 0.782. The molecule has 0 bridgehead atoms. The van der Waals surface area contributed by atoms with Crippen molar-refractivity contribution in [3.63, 3.8) is 0 Å². The monoisotopic (exact) mass is 263 g/mol. The summed E-state index contributed by atoms with van der Waals surface area (Å²) in [6.45, 7) is 6.29. The van der Waals surface area contributed by atoms with Crippen LogP contribution in [0.3, 0.4) is 0 Å². The molecule has 0 saturated heterocycles. The fourth-order valence-corrected chi connectivity index (χ4v) is 1.95. The number of rotatable bonds is 7. The minimum atomic E-state index is 0.782. The third kappa shape index (κ3) is 4.95. The maximum absolute atomic E-state index is 5.32. The second-order valence-corrected chi connectivity index (χ2v) is 4.81. The lowest BCUT2D eigenvalue weighted by Crippen LogP contribution is -2.23. The van der Waals surface area contributed by atoms with E-state index >= 15 is 0 Å². The van der Waals surface area contributed by atoms with Gasteiger partial charge in [0.1, 0.15) is 0 Å². The maximum Gasteiger partial charge on any atom is 0.160 e. The molecule has 0 aliphatic rings. The predicted molar refractivity (Wildman–Crippen MR) is 80.2 cm³/mol. The van der Waals surface area contributed by atoms with Gasteiger partial charge in [-0.2, -0.15) is 0 Å². The third-order valence-electron chi connectivity index (χ3n) is 3.24. The first-order chi connectivity index (χ1) is 9.10. The first-order valence-electron chi connectivity index (χ1n) is 6.62.